The molecule has 3 nitrogen and oxygen atoms in total. The molecule has 0 aliphatic rings. The van der Waals surface area contributed by atoms with Gasteiger partial charge in [0.1, 0.15) is 0 Å². The first-order valence-corrected chi connectivity index (χ1v) is 9.44. The van der Waals surface area contributed by atoms with Crippen LogP contribution in [0.1, 0.15) is 33.6 Å². The summed E-state index contributed by atoms with van der Waals surface area (Å²) in [7, 11) is 0. The predicted octanol–water partition coefficient (Wildman–Crippen LogP) is 5.57. The number of hydrogen-bond donors (Lipinski definition) is 1. The molecule has 5 heteroatoms. The first-order chi connectivity index (χ1) is 11.0. The second-order valence-corrected chi connectivity index (χ2v) is 7.15. The third kappa shape index (κ3) is 5.07. The van der Waals surface area contributed by atoms with Crippen LogP contribution in [-0.4, -0.2) is 35.6 Å². The molecule has 23 heavy (non-hydrogen) atoms. The molecule has 1 atom stereocenters. The summed E-state index contributed by atoms with van der Waals surface area (Å²) in [5, 5.41) is 5.44. The van der Waals surface area contributed by atoms with Gasteiger partial charge in [-0.3, -0.25) is 4.98 Å². The lowest BCUT2D eigenvalue weighted by molar-refractivity contribution is 0.295. The predicted molar refractivity (Wildman–Crippen MR) is 105 cm³/mol. The van der Waals surface area contributed by atoms with Crippen LogP contribution >= 0.6 is 27.5 Å². The van der Waals surface area contributed by atoms with Crippen LogP contribution in [0, 0.1) is 0 Å². The van der Waals surface area contributed by atoms with E-state index in [9.17, 15) is 0 Å². The van der Waals surface area contributed by atoms with Crippen LogP contribution in [0.15, 0.2) is 28.9 Å². The van der Waals surface area contributed by atoms with Gasteiger partial charge in [-0.05, 0) is 73.5 Å². The van der Waals surface area contributed by atoms with Crippen LogP contribution in [0.4, 0.5) is 5.69 Å². The lowest BCUT2D eigenvalue weighted by Gasteiger charge is -2.21. The third-order valence-corrected chi connectivity index (χ3v) is 5.02. The minimum atomic E-state index is 0.406. The Labute approximate surface area is 152 Å². The van der Waals surface area contributed by atoms with Crippen molar-refractivity contribution in [3.05, 3.63) is 33.9 Å². The maximum absolute atomic E-state index is 6.07. The molecule has 0 saturated carbocycles. The molecule has 0 bridgehead atoms. The van der Waals surface area contributed by atoms with Crippen LogP contribution in [-0.2, 0) is 0 Å². The van der Waals surface area contributed by atoms with Crippen LogP contribution in [0.25, 0.3) is 10.9 Å². The molecular formula is C18H25BrClN3. The molecule has 0 aliphatic carbocycles. The summed E-state index contributed by atoms with van der Waals surface area (Å²) in [5.41, 5.74) is 2.01. The Hall–Kier alpha value is -0.840. The van der Waals surface area contributed by atoms with E-state index in [-0.39, 0.29) is 0 Å². The van der Waals surface area contributed by atoms with Crippen LogP contribution in [0.5, 0.6) is 0 Å². The second kappa shape index (κ2) is 8.86. The zero-order valence-electron chi connectivity index (χ0n) is 14.1. The molecule has 126 valence electrons. The fourth-order valence-electron chi connectivity index (χ4n) is 2.77. The van der Waals surface area contributed by atoms with Crippen molar-refractivity contribution in [3.8, 4) is 0 Å². The minimum absolute atomic E-state index is 0.406. The van der Waals surface area contributed by atoms with Gasteiger partial charge in [-0.15, -0.1) is 0 Å². The molecule has 0 saturated heterocycles. The summed E-state index contributed by atoms with van der Waals surface area (Å²) < 4.78 is 0.989. The summed E-state index contributed by atoms with van der Waals surface area (Å²) in [4.78, 5) is 6.90. The van der Waals surface area contributed by atoms with E-state index in [1.807, 2.05) is 24.4 Å². The summed E-state index contributed by atoms with van der Waals surface area (Å²) in [6, 6.07) is 6.25. The standard InChI is InChI=1S/C18H25BrClN3/c1-4-23(5-2)10-6-7-13(3)22-18-15-9-8-14(20)11-17(15)21-12-16(18)19/h8-9,11-13H,4-7,10H2,1-3H3,(H,21,22). The largest absolute Gasteiger partial charge is 0.381 e. The number of rotatable bonds is 8. The van der Waals surface area contributed by atoms with Gasteiger partial charge in [0.2, 0.25) is 0 Å². The number of nitrogens with zero attached hydrogens (tertiary/aromatic N) is 2. The minimum Gasteiger partial charge on any atom is -0.381 e. The fraction of sp³-hybridized carbons (Fsp3) is 0.500. The first-order valence-electron chi connectivity index (χ1n) is 8.27. The van der Waals surface area contributed by atoms with Gasteiger partial charge in [0, 0.05) is 22.6 Å². The van der Waals surface area contributed by atoms with E-state index in [1.54, 1.807) is 0 Å². The van der Waals surface area contributed by atoms with Gasteiger partial charge in [-0.1, -0.05) is 25.4 Å². The highest BCUT2D eigenvalue weighted by atomic mass is 79.9. The lowest BCUT2D eigenvalue weighted by Crippen LogP contribution is -2.25. The Bertz CT molecular complexity index is 643. The Kier molecular flexibility index (Phi) is 7.12. The van der Waals surface area contributed by atoms with Crippen LogP contribution < -0.4 is 5.32 Å². The van der Waals surface area contributed by atoms with Gasteiger partial charge in [-0.2, -0.15) is 0 Å². The van der Waals surface area contributed by atoms with Gasteiger partial charge in [0.15, 0.2) is 0 Å². The highest BCUT2D eigenvalue weighted by Crippen LogP contribution is 2.32. The number of hydrogen-bond acceptors (Lipinski definition) is 3. The van der Waals surface area contributed by atoms with Gasteiger partial charge in [0.25, 0.3) is 0 Å². The van der Waals surface area contributed by atoms with E-state index in [0.29, 0.717) is 11.1 Å². The van der Waals surface area contributed by atoms with E-state index in [0.717, 1.165) is 47.1 Å². The Morgan fingerprint density at radius 2 is 2.04 bits per heavy atom. The topological polar surface area (TPSA) is 28.2 Å². The molecule has 0 amide bonds. The zero-order valence-corrected chi connectivity index (χ0v) is 16.4. The molecular weight excluding hydrogens is 374 g/mol. The number of nitrogens with one attached hydrogen (secondary N) is 1. The SMILES string of the molecule is CCN(CC)CCCC(C)Nc1c(Br)cnc2cc(Cl)ccc12. The zero-order chi connectivity index (χ0) is 16.8. The monoisotopic (exact) mass is 397 g/mol. The smallest absolute Gasteiger partial charge is 0.0738 e. The molecule has 0 spiro atoms. The highest BCUT2D eigenvalue weighted by Gasteiger charge is 2.11. The number of benzene rings is 1. The second-order valence-electron chi connectivity index (χ2n) is 5.86. The normalized spacial score (nSPS) is 12.8. The van der Waals surface area contributed by atoms with Crippen molar-refractivity contribution in [2.24, 2.45) is 0 Å². The number of fused-ring (bicyclic) bond motifs is 1. The van der Waals surface area contributed by atoms with Crippen molar-refractivity contribution in [2.45, 2.75) is 39.7 Å². The molecule has 0 fully saturated rings. The summed E-state index contributed by atoms with van der Waals surface area (Å²) in [5.74, 6) is 0. The van der Waals surface area contributed by atoms with E-state index in [4.69, 9.17) is 11.6 Å². The molecule has 1 aromatic carbocycles. The summed E-state index contributed by atoms with van der Waals surface area (Å²) in [6.07, 6.45) is 4.17. The third-order valence-electron chi connectivity index (χ3n) is 4.18. The number of halogens is 2. The average Bonchev–Trinajstić information content (AvgIpc) is 2.54. The maximum Gasteiger partial charge on any atom is 0.0738 e. The number of aromatic nitrogens is 1. The summed E-state index contributed by atoms with van der Waals surface area (Å²) >= 11 is 9.68. The maximum atomic E-state index is 6.07. The molecule has 1 aromatic heterocycles. The molecule has 1 unspecified atom stereocenters. The molecule has 1 heterocycles. The molecule has 2 rings (SSSR count). The van der Waals surface area contributed by atoms with Gasteiger partial charge >= 0.3 is 0 Å². The molecule has 2 aromatic rings. The first kappa shape index (κ1) is 18.5. The van der Waals surface area contributed by atoms with Crippen molar-refractivity contribution < 1.29 is 0 Å². The van der Waals surface area contributed by atoms with Crippen LogP contribution in [0.3, 0.4) is 0 Å². The van der Waals surface area contributed by atoms with Crippen LogP contribution in [0.2, 0.25) is 5.02 Å². The molecule has 0 radical (unpaired) electrons. The Morgan fingerprint density at radius 1 is 1.30 bits per heavy atom. The number of anilines is 1. The van der Waals surface area contributed by atoms with E-state index < -0.39 is 0 Å². The van der Waals surface area contributed by atoms with Crippen molar-refractivity contribution in [1.29, 1.82) is 0 Å². The average molecular weight is 399 g/mol. The molecule has 0 aliphatic heterocycles. The van der Waals surface area contributed by atoms with Crippen molar-refractivity contribution >= 4 is 44.1 Å². The van der Waals surface area contributed by atoms with Crippen molar-refractivity contribution in [3.63, 3.8) is 0 Å². The van der Waals surface area contributed by atoms with Gasteiger partial charge in [0.05, 0.1) is 15.7 Å². The van der Waals surface area contributed by atoms with Gasteiger partial charge in [-0.25, -0.2) is 0 Å². The van der Waals surface area contributed by atoms with E-state index >= 15 is 0 Å². The molecule has 1 N–H and O–H groups in total. The Morgan fingerprint density at radius 3 is 2.74 bits per heavy atom. The van der Waals surface area contributed by atoms with E-state index in [1.165, 1.54) is 6.42 Å². The number of pyridine rings is 1. The van der Waals surface area contributed by atoms with Crippen molar-refractivity contribution in [2.75, 3.05) is 25.0 Å². The van der Waals surface area contributed by atoms with Gasteiger partial charge < -0.3 is 10.2 Å². The highest BCUT2D eigenvalue weighted by molar-refractivity contribution is 9.10. The lowest BCUT2D eigenvalue weighted by atomic mass is 10.1. The summed E-state index contributed by atoms with van der Waals surface area (Å²) in [6.45, 7) is 10.1. The Balaban J connectivity index is 2.04. The van der Waals surface area contributed by atoms with E-state index in [2.05, 4.69) is 51.9 Å². The van der Waals surface area contributed by atoms with Crippen molar-refractivity contribution in [1.82, 2.24) is 9.88 Å². The fourth-order valence-corrected chi connectivity index (χ4v) is 3.37. The quantitative estimate of drug-likeness (QED) is 0.629.